The first kappa shape index (κ1) is 16.3. The van der Waals surface area contributed by atoms with Gasteiger partial charge in [0.2, 0.25) is 0 Å². The molecule has 0 unspecified atom stereocenters. The molecule has 2 amide bonds. The van der Waals surface area contributed by atoms with E-state index in [0.717, 1.165) is 5.56 Å². The maximum Gasteiger partial charge on any atom is 0.319 e. The zero-order valence-electron chi connectivity index (χ0n) is 11.9. The lowest BCUT2D eigenvalue weighted by atomic mass is 10.1. The highest BCUT2D eigenvalue weighted by atomic mass is 35.5. The van der Waals surface area contributed by atoms with Crippen molar-refractivity contribution in [3.8, 4) is 0 Å². The molecule has 1 atom stereocenters. The lowest BCUT2D eigenvalue weighted by Gasteiger charge is -2.14. The predicted molar refractivity (Wildman–Crippen MR) is 84.6 cm³/mol. The monoisotopic (exact) mass is 322 g/mol. The first-order chi connectivity index (χ1) is 10.5. The van der Waals surface area contributed by atoms with E-state index in [1.807, 2.05) is 6.92 Å². The predicted octanol–water partition coefficient (Wildman–Crippen LogP) is 3.64. The maximum absolute atomic E-state index is 13.5. The van der Waals surface area contributed by atoms with Crippen molar-refractivity contribution in [1.82, 2.24) is 5.32 Å². The Morgan fingerprint density at radius 2 is 2.05 bits per heavy atom. The number of benzene rings is 2. The molecule has 0 spiro atoms. The summed E-state index contributed by atoms with van der Waals surface area (Å²) in [6, 6.07) is 10.5. The van der Waals surface area contributed by atoms with Crippen molar-refractivity contribution in [2.75, 3.05) is 11.9 Å². The molecule has 0 saturated carbocycles. The van der Waals surface area contributed by atoms with Crippen molar-refractivity contribution < 1.29 is 14.3 Å². The standard InChI is InChI=1S/C16H16ClFN2O2/c1-10-6-7-11(8-13(10)17)20-16(22)19-9-15(21)12-4-2-3-5-14(12)18/h2-8,15,21H,9H2,1H3,(H2,19,20,22)/t15-/m1/s1. The molecule has 116 valence electrons. The number of carbonyl (C=O) groups is 1. The lowest BCUT2D eigenvalue weighted by molar-refractivity contribution is 0.170. The maximum atomic E-state index is 13.5. The average Bonchev–Trinajstić information content (AvgIpc) is 2.49. The number of aliphatic hydroxyl groups is 1. The first-order valence-electron chi connectivity index (χ1n) is 6.71. The molecule has 6 heteroatoms. The molecule has 0 aliphatic heterocycles. The molecule has 0 radical (unpaired) electrons. The highest BCUT2D eigenvalue weighted by Gasteiger charge is 2.13. The van der Waals surface area contributed by atoms with Gasteiger partial charge in [0.05, 0.1) is 6.10 Å². The smallest absolute Gasteiger partial charge is 0.319 e. The highest BCUT2D eigenvalue weighted by molar-refractivity contribution is 6.31. The Labute approximate surface area is 132 Å². The second-order valence-corrected chi connectivity index (χ2v) is 5.24. The number of halogens is 2. The lowest BCUT2D eigenvalue weighted by Crippen LogP contribution is -2.32. The minimum atomic E-state index is -1.12. The van der Waals surface area contributed by atoms with Gasteiger partial charge in [0, 0.05) is 22.8 Å². The number of aryl methyl sites for hydroxylation is 1. The summed E-state index contributed by atoms with van der Waals surface area (Å²) < 4.78 is 13.5. The van der Waals surface area contributed by atoms with Crippen molar-refractivity contribution in [3.63, 3.8) is 0 Å². The Balaban J connectivity index is 1.90. The highest BCUT2D eigenvalue weighted by Crippen LogP contribution is 2.20. The normalized spacial score (nSPS) is 11.8. The number of rotatable bonds is 4. The molecule has 0 saturated heterocycles. The third kappa shape index (κ3) is 4.19. The van der Waals surface area contributed by atoms with E-state index in [-0.39, 0.29) is 12.1 Å². The number of anilines is 1. The van der Waals surface area contributed by atoms with E-state index in [4.69, 9.17) is 11.6 Å². The molecule has 0 aliphatic carbocycles. The first-order valence-corrected chi connectivity index (χ1v) is 7.08. The Bertz CT molecular complexity index is 679. The Hall–Kier alpha value is -2.11. The molecule has 0 bridgehead atoms. The molecule has 0 aromatic heterocycles. The molecule has 2 rings (SSSR count). The molecule has 2 aromatic rings. The number of carbonyl (C=O) groups excluding carboxylic acids is 1. The average molecular weight is 323 g/mol. The Kier molecular flexibility index (Phi) is 5.35. The Morgan fingerprint density at radius 1 is 1.32 bits per heavy atom. The molecular weight excluding hydrogens is 307 g/mol. The molecule has 22 heavy (non-hydrogen) atoms. The van der Waals surface area contributed by atoms with Gasteiger partial charge in [-0.25, -0.2) is 9.18 Å². The zero-order valence-corrected chi connectivity index (χ0v) is 12.7. The van der Waals surface area contributed by atoms with Gasteiger partial charge in [-0.2, -0.15) is 0 Å². The molecule has 0 fully saturated rings. The van der Waals surface area contributed by atoms with Gasteiger partial charge in [-0.1, -0.05) is 35.9 Å². The second-order valence-electron chi connectivity index (χ2n) is 4.84. The third-order valence-electron chi connectivity index (χ3n) is 3.15. The van der Waals surface area contributed by atoms with Crippen LogP contribution in [0.1, 0.15) is 17.2 Å². The fourth-order valence-electron chi connectivity index (χ4n) is 1.89. The van der Waals surface area contributed by atoms with Crippen LogP contribution in [-0.2, 0) is 0 Å². The van der Waals surface area contributed by atoms with Crippen LogP contribution in [0.15, 0.2) is 42.5 Å². The quantitative estimate of drug-likeness (QED) is 0.804. The van der Waals surface area contributed by atoms with Crippen LogP contribution in [0, 0.1) is 12.7 Å². The number of hydrogen-bond acceptors (Lipinski definition) is 2. The summed E-state index contributed by atoms with van der Waals surface area (Å²) in [5.74, 6) is -0.512. The SMILES string of the molecule is Cc1ccc(NC(=O)NC[C@@H](O)c2ccccc2F)cc1Cl. The third-order valence-corrected chi connectivity index (χ3v) is 3.56. The number of nitrogens with one attached hydrogen (secondary N) is 2. The number of aliphatic hydroxyl groups excluding tert-OH is 1. The Morgan fingerprint density at radius 3 is 2.73 bits per heavy atom. The zero-order chi connectivity index (χ0) is 16.1. The molecule has 0 aliphatic rings. The molecule has 4 nitrogen and oxygen atoms in total. The summed E-state index contributed by atoms with van der Waals surface area (Å²) in [5, 5.41) is 15.5. The van der Waals surface area contributed by atoms with Crippen LogP contribution in [-0.4, -0.2) is 17.7 Å². The van der Waals surface area contributed by atoms with Crippen LogP contribution in [0.3, 0.4) is 0 Å². The van der Waals surface area contributed by atoms with E-state index >= 15 is 0 Å². The molecular formula is C16H16ClFN2O2. The summed E-state index contributed by atoms with van der Waals surface area (Å²) in [4.78, 5) is 11.8. The van der Waals surface area contributed by atoms with Gasteiger partial charge in [0.1, 0.15) is 5.82 Å². The van der Waals surface area contributed by atoms with Gasteiger partial charge >= 0.3 is 6.03 Å². The van der Waals surface area contributed by atoms with E-state index < -0.39 is 18.0 Å². The van der Waals surface area contributed by atoms with Crippen LogP contribution >= 0.6 is 11.6 Å². The van der Waals surface area contributed by atoms with E-state index in [2.05, 4.69) is 10.6 Å². The summed E-state index contributed by atoms with van der Waals surface area (Å²) >= 11 is 5.97. The largest absolute Gasteiger partial charge is 0.386 e. The second kappa shape index (κ2) is 7.24. The number of hydrogen-bond donors (Lipinski definition) is 3. The van der Waals surface area contributed by atoms with Crippen molar-refractivity contribution >= 4 is 23.3 Å². The van der Waals surface area contributed by atoms with Gasteiger partial charge < -0.3 is 15.7 Å². The van der Waals surface area contributed by atoms with Crippen molar-refractivity contribution in [2.24, 2.45) is 0 Å². The van der Waals surface area contributed by atoms with E-state index in [9.17, 15) is 14.3 Å². The minimum absolute atomic E-state index is 0.105. The van der Waals surface area contributed by atoms with Crippen molar-refractivity contribution in [1.29, 1.82) is 0 Å². The van der Waals surface area contributed by atoms with Crippen LogP contribution in [0.4, 0.5) is 14.9 Å². The number of amides is 2. The van der Waals surface area contributed by atoms with Gasteiger partial charge in [-0.15, -0.1) is 0 Å². The van der Waals surface area contributed by atoms with Crippen LogP contribution < -0.4 is 10.6 Å². The van der Waals surface area contributed by atoms with Crippen molar-refractivity contribution in [2.45, 2.75) is 13.0 Å². The van der Waals surface area contributed by atoms with Gasteiger partial charge in [-0.3, -0.25) is 0 Å². The fourth-order valence-corrected chi connectivity index (χ4v) is 2.07. The minimum Gasteiger partial charge on any atom is -0.386 e. The van der Waals surface area contributed by atoms with Crippen molar-refractivity contribution in [3.05, 3.63) is 64.4 Å². The summed E-state index contributed by atoms with van der Waals surface area (Å²) in [6.07, 6.45) is -1.12. The van der Waals surface area contributed by atoms with Crippen LogP contribution in [0.2, 0.25) is 5.02 Å². The van der Waals surface area contributed by atoms with Gasteiger partial charge in [-0.05, 0) is 30.7 Å². The van der Waals surface area contributed by atoms with E-state index in [1.165, 1.54) is 18.2 Å². The van der Waals surface area contributed by atoms with Crippen LogP contribution in [0.25, 0.3) is 0 Å². The topological polar surface area (TPSA) is 61.4 Å². The molecule has 0 heterocycles. The van der Waals surface area contributed by atoms with E-state index in [0.29, 0.717) is 10.7 Å². The summed E-state index contributed by atoms with van der Waals surface area (Å²) in [6.45, 7) is 1.75. The summed E-state index contributed by atoms with van der Waals surface area (Å²) in [7, 11) is 0. The van der Waals surface area contributed by atoms with E-state index in [1.54, 1.807) is 24.3 Å². The van der Waals surface area contributed by atoms with Gasteiger partial charge in [0.15, 0.2) is 0 Å². The molecule has 2 aromatic carbocycles. The fraction of sp³-hybridized carbons (Fsp3) is 0.188. The molecule has 3 N–H and O–H groups in total. The van der Waals surface area contributed by atoms with Gasteiger partial charge in [0.25, 0.3) is 0 Å². The number of urea groups is 1. The van der Waals surface area contributed by atoms with Crippen LogP contribution in [0.5, 0.6) is 0 Å². The summed E-state index contributed by atoms with van der Waals surface area (Å²) in [5.41, 5.74) is 1.58.